The molecule has 0 aromatic heterocycles. The molecule has 1 rings (SSSR count). The maximum atomic E-state index is 8.79. The predicted molar refractivity (Wildman–Crippen MR) is 67.3 cm³/mol. The molecule has 0 saturated carbocycles. The van der Waals surface area contributed by atoms with Crippen LogP contribution in [0.5, 0.6) is 11.5 Å². The number of rotatable bonds is 6. The second-order valence-electron chi connectivity index (χ2n) is 4.18. The van der Waals surface area contributed by atoms with E-state index in [0.29, 0.717) is 29.6 Å². The van der Waals surface area contributed by atoms with Gasteiger partial charge in [0.1, 0.15) is 0 Å². The Bertz CT molecular complexity index is 396. The number of benzene rings is 1. The summed E-state index contributed by atoms with van der Waals surface area (Å²) in [6, 6.07) is 7.30. The molecule has 0 bridgehead atoms. The fraction of sp³-hybridized carbons (Fsp3) is 0.500. The quantitative estimate of drug-likeness (QED) is 0.756. The van der Waals surface area contributed by atoms with Gasteiger partial charge in [-0.1, -0.05) is 20.3 Å². The Morgan fingerprint density at radius 1 is 1.35 bits per heavy atom. The van der Waals surface area contributed by atoms with E-state index in [1.54, 1.807) is 25.3 Å². The summed E-state index contributed by atoms with van der Waals surface area (Å²) in [5.41, 5.74) is 0.579. The fourth-order valence-corrected chi connectivity index (χ4v) is 1.66. The lowest BCUT2D eigenvalue weighted by Gasteiger charge is -2.14. The van der Waals surface area contributed by atoms with Gasteiger partial charge in [0.15, 0.2) is 11.5 Å². The molecule has 0 saturated heterocycles. The van der Waals surface area contributed by atoms with Crippen LogP contribution in [0.3, 0.4) is 0 Å². The molecule has 0 heterocycles. The fourth-order valence-electron chi connectivity index (χ4n) is 1.66. The minimum Gasteiger partial charge on any atom is -0.493 e. The number of nitrogens with zero attached hydrogens (tertiary/aromatic N) is 1. The van der Waals surface area contributed by atoms with Gasteiger partial charge in [-0.3, -0.25) is 0 Å². The van der Waals surface area contributed by atoms with Gasteiger partial charge in [-0.15, -0.1) is 0 Å². The van der Waals surface area contributed by atoms with Crippen molar-refractivity contribution < 1.29 is 9.47 Å². The van der Waals surface area contributed by atoms with Gasteiger partial charge in [0.2, 0.25) is 0 Å². The van der Waals surface area contributed by atoms with E-state index in [1.165, 1.54) is 0 Å². The average Bonchev–Trinajstić information content (AvgIpc) is 2.36. The maximum Gasteiger partial charge on any atom is 0.162 e. The molecule has 1 unspecified atom stereocenters. The van der Waals surface area contributed by atoms with E-state index >= 15 is 0 Å². The van der Waals surface area contributed by atoms with E-state index < -0.39 is 0 Å². The van der Waals surface area contributed by atoms with Gasteiger partial charge in [-0.25, -0.2) is 0 Å². The van der Waals surface area contributed by atoms with Gasteiger partial charge >= 0.3 is 0 Å². The first kappa shape index (κ1) is 13.4. The molecule has 0 aliphatic heterocycles. The van der Waals surface area contributed by atoms with Crippen molar-refractivity contribution in [3.63, 3.8) is 0 Å². The van der Waals surface area contributed by atoms with Crippen molar-refractivity contribution in [2.75, 3.05) is 13.7 Å². The van der Waals surface area contributed by atoms with E-state index in [9.17, 15) is 0 Å². The Morgan fingerprint density at radius 3 is 2.71 bits per heavy atom. The first-order valence-corrected chi connectivity index (χ1v) is 5.92. The first-order chi connectivity index (χ1) is 8.21. The molecule has 0 radical (unpaired) electrons. The van der Waals surface area contributed by atoms with Crippen LogP contribution in [0.1, 0.15) is 32.3 Å². The summed E-state index contributed by atoms with van der Waals surface area (Å²) < 4.78 is 10.9. The average molecular weight is 233 g/mol. The van der Waals surface area contributed by atoms with Gasteiger partial charge < -0.3 is 9.47 Å². The second kappa shape index (κ2) is 6.80. The van der Waals surface area contributed by atoms with E-state index in [4.69, 9.17) is 14.7 Å². The van der Waals surface area contributed by atoms with E-state index in [1.807, 2.05) is 0 Å². The van der Waals surface area contributed by atoms with Crippen LogP contribution in [0.4, 0.5) is 0 Å². The molecule has 0 aliphatic rings. The second-order valence-corrected chi connectivity index (χ2v) is 4.18. The Morgan fingerprint density at radius 2 is 2.12 bits per heavy atom. The highest BCUT2D eigenvalue weighted by atomic mass is 16.5. The third-order valence-electron chi connectivity index (χ3n) is 2.60. The summed E-state index contributed by atoms with van der Waals surface area (Å²) in [6.45, 7) is 5.01. The molecule has 0 aliphatic carbocycles. The Hall–Kier alpha value is -1.69. The molecule has 0 amide bonds. The highest BCUT2D eigenvalue weighted by molar-refractivity contribution is 5.46. The number of nitriles is 1. The smallest absolute Gasteiger partial charge is 0.162 e. The summed E-state index contributed by atoms with van der Waals surface area (Å²) in [7, 11) is 1.58. The van der Waals surface area contributed by atoms with Crippen LogP contribution in [0, 0.1) is 17.2 Å². The SMILES string of the molecule is CCCC(C)COc1ccc(C#N)cc1OC. The van der Waals surface area contributed by atoms with Crippen molar-refractivity contribution in [3.05, 3.63) is 23.8 Å². The highest BCUT2D eigenvalue weighted by Gasteiger charge is 2.07. The Labute approximate surface area is 103 Å². The predicted octanol–water partition coefficient (Wildman–Crippen LogP) is 3.38. The van der Waals surface area contributed by atoms with E-state index in [-0.39, 0.29) is 0 Å². The van der Waals surface area contributed by atoms with Crippen LogP contribution < -0.4 is 9.47 Å². The van der Waals surface area contributed by atoms with Crippen LogP contribution in [-0.4, -0.2) is 13.7 Å². The van der Waals surface area contributed by atoms with Gasteiger partial charge in [-0.2, -0.15) is 5.26 Å². The largest absolute Gasteiger partial charge is 0.493 e. The van der Waals surface area contributed by atoms with Crippen LogP contribution in [0.25, 0.3) is 0 Å². The van der Waals surface area contributed by atoms with Crippen molar-refractivity contribution >= 4 is 0 Å². The third kappa shape index (κ3) is 3.99. The van der Waals surface area contributed by atoms with Crippen LogP contribution in [0.2, 0.25) is 0 Å². The molecule has 92 valence electrons. The van der Waals surface area contributed by atoms with Crippen molar-refractivity contribution in [1.29, 1.82) is 5.26 Å². The number of hydrogen-bond donors (Lipinski definition) is 0. The number of methoxy groups -OCH3 is 1. The summed E-state index contributed by atoms with van der Waals surface area (Å²) in [5.74, 6) is 1.85. The summed E-state index contributed by atoms with van der Waals surface area (Å²) in [4.78, 5) is 0. The van der Waals surface area contributed by atoms with Crippen LogP contribution >= 0.6 is 0 Å². The minimum absolute atomic E-state index is 0.528. The van der Waals surface area contributed by atoms with Gasteiger partial charge in [0.25, 0.3) is 0 Å². The van der Waals surface area contributed by atoms with Gasteiger partial charge in [-0.05, 0) is 24.5 Å². The lowest BCUT2D eigenvalue weighted by molar-refractivity contribution is 0.240. The van der Waals surface area contributed by atoms with Crippen molar-refractivity contribution in [2.24, 2.45) is 5.92 Å². The molecule has 0 N–H and O–H groups in total. The maximum absolute atomic E-state index is 8.79. The molecule has 0 spiro atoms. The number of hydrogen-bond acceptors (Lipinski definition) is 3. The standard InChI is InChI=1S/C14H19NO2/c1-4-5-11(2)10-17-13-7-6-12(9-15)8-14(13)16-3/h6-8,11H,4-5,10H2,1-3H3. The zero-order valence-electron chi connectivity index (χ0n) is 10.7. The lowest BCUT2D eigenvalue weighted by atomic mass is 10.1. The summed E-state index contributed by atoms with van der Waals surface area (Å²) in [6.07, 6.45) is 2.31. The van der Waals surface area contributed by atoms with Crippen molar-refractivity contribution in [1.82, 2.24) is 0 Å². The molecular weight excluding hydrogens is 214 g/mol. The van der Waals surface area contributed by atoms with E-state index in [0.717, 1.165) is 12.8 Å². The minimum atomic E-state index is 0.528. The van der Waals surface area contributed by atoms with Gasteiger partial charge in [0, 0.05) is 6.07 Å². The van der Waals surface area contributed by atoms with Gasteiger partial charge in [0.05, 0.1) is 25.3 Å². The van der Waals surface area contributed by atoms with Crippen LogP contribution in [-0.2, 0) is 0 Å². The van der Waals surface area contributed by atoms with Crippen LogP contribution in [0.15, 0.2) is 18.2 Å². The molecule has 3 heteroatoms. The molecule has 1 atom stereocenters. The topological polar surface area (TPSA) is 42.2 Å². The van der Waals surface area contributed by atoms with E-state index in [2.05, 4.69) is 19.9 Å². The monoisotopic (exact) mass is 233 g/mol. The molecular formula is C14H19NO2. The lowest BCUT2D eigenvalue weighted by Crippen LogP contribution is -2.08. The zero-order valence-corrected chi connectivity index (χ0v) is 10.7. The van der Waals surface area contributed by atoms with Crippen molar-refractivity contribution in [3.8, 4) is 17.6 Å². The molecule has 1 aromatic rings. The molecule has 0 fully saturated rings. The Kier molecular flexibility index (Phi) is 5.35. The highest BCUT2D eigenvalue weighted by Crippen LogP contribution is 2.28. The molecule has 3 nitrogen and oxygen atoms in total. The molecule has 1 aromatic carbocycles. The number of ether oxygens (including phenoxy) is 2. The normalized spacial score (nSPS) is 11.6. The zero-order chi connectivity index (χ0) is 12.7. The van der Waals surface area contributed by atoms with Crippen molar-refractivity contribution in [2.45, 2.75) is 26.7 Å². The summed E-state index contributed by atoms with van der Waals surface area (Å²) >= 11 is 0. The summed E-state index contributed by atoms with van der Waals surface area (Å²) in [5, 5.41) is 8.79. The first-order valence-electron chi connectivity index (χ1n) is 5.92. The third-order valence-corrected chi connectivity index (χ3v) is 2.60. The molecule has 17 heavy (non-hydrogen) atoms. The Balaban J connectivity index is 2.68.